The fourth-order valence-corrected chi connectivity index (χ4v) is 1.08. The molecular weight excluding hydrogens is 244 g/mol. The van der Waals surface area contributed by atoms with Crippen LogP contribution in [0.2, 0.25) is 0 Å². The predicted molar refractivity (Wildman–Crippen MR) is 62.4 cm³/mol. The molecule has 0 aliphatic rings. The smallest absolute Gasteiger partial charge is 0.326 e. The second-order valence-corrected chi connectivity index (χ2v) is 3.41. The highest BCUT2D eigenvalue weighted by atomic mass is 16.5. The number of ether oxygens (including phenoxy) is 2. The van der Waals surface area contributed by atoms with Crippen molar-refractivity contribution >= 4 is 12.0 Å². The van der Waals surface area contributed by atoms with Gasteiger partial charge in [0, 0.05) is 26.7 Å². The molecule has 0 radical (unpaired) electrons. The molecule has 0 aromatic heterocycles. The minimum atomic E-state index is -1.18. The van der Waals surface area contributed by atoms with E-state index in [9.17, 15) is 9.59 Å². The molecule has 0 aliphatic carbocycles. The van der Waals surface area contributed by atoms with Crippen LogP contribution in [0, 0.1) is 0 Å². The second-order valence-electron chi connectivity index (χ2n) is 3.41. The van der Waals surface area contributed by atoms with Crippen LogP contribution in [-0.4, -0.2) is 68.3 Å². The highest BCUT2D eigenvalue weighted by Crippen LogP contribution is 1.90. The van der Waals surface area contributed by atoms with Crippen LogP contribution >= 0.6 is 0 Å². The van der Waals surface area contributed by atoms with Crippen molar-refractivity contribution in [3.05, 3.63) is 0 Å². The molecule has 0 fully saturated rings. The number of methoxy groups -OCH3 is 1. The molecule has 18 heavy (non-hydrogen) atoms. The van der Waals surface area contributed by atoms with Crippen molar-refractivity contribution in [1.29, 1.82) is 0 Å². The molecule has 0 aromatic rings. The molecular formula is C10H20N2O6. The fourth-order valence-electron chi connectivity index (χ4n) is 1.08. The van der Waals surface area contributed by atoms with Crippen molar-refractivity contribution in [2.75, 3.05) is 40.1 Å². The van der Waals surface area contributed by atoms with E-state index in [0.29, 0.717) is 19.8 Å². The summed E-state index contributed by atoms with van der Waals surface area (Å²) in [6.45, 7) is 1.18. The summed E-state index contributed by atoms with van der Waals surface area (Å²) in [4.78, 5) is 22.0. The number of hydrogen-bond acceptors (Lipinski definition) is 5. The zero-order chi connectivity index (χ0) is 13.8. The van der Waals surface area contributed by atoms with Gasteiger partial charge in [0.25, 0.3) is 0 Å². The molecule has 8 nitrogen and oxygen atoms in total. The number of rotatable bonds is 10. The summed E-state index contributed by atoms with van der Waals surface area (Å²) in [5.41, 5.74) is 0. The van der Waals surface area contributed by atoms with E-state index in [1.54, 1.807) is 7.11 Å². The van der Waals surface area contributed by atoms with Gasteiger partial charge in [-0.25, -0.2) is 9.59 Å². The first-order chi connectivity index (χ1) is 8.61. The van der Waals surface area contributed by atoms with Gasteiger partial charge in [0.15, 0.2) is 0 Å². The zero-order valence-corrected chi connectivity index (χ0v) is 10.3. The van der Waals surface area contributed by atoms with E-state index in [1.807, 2.05) is 0 Å². The fraction of sp³-hybridized carbons (Fsp3) is 0.800. The predicted octanol–water partition coefficient (Wildman–Crippen LogP) is -1.22. The quantitative estimate of drug-likeness (QED) is 0.368. The normalized spacial score (nSPS) is 11.9. The van der Waals surface area contributed by atoms with Gasteiger partial charge < -0.3 is 30.3 Å². The Morgan fingerprint density at radius 2 is 2.00 bits per heavy atom. The molecule has 0 saturated heterocycles. The number of carboxylic acid groups (broad SMARTS) is 1. The molecule has 1 atom stereocenters. The minimum Gasteiger partial charge on any atom is -0.480 e. The lowest BCUT2D eigenvalue weighted by Gasteiger charge is -2.13. The van der Waals surface area contributed by atoms with Crippen LogP contribution in [0.3, 0.4) is 0 Å². The summed E-state index contributed by atoms with van der Waals surface area (Å²) in [5.74, 6) is -1.18. The van der Waals surface area contributed by atoms with Gasteiger partial charge in [-0.2, -0.15) is 0 Å². The number of aliphatic carboxylic acids is 1. The highest BCUT2D eigenvalue weighted by molar-refractivity contribution is 5.82. The lowest BCUT2D eigenvalue weighted by atomic mass is 10.2. The summed E-state index contributed by atoms with van der Waals surface area (Å²) in [5, 5.41) is 22.0. The van der Waals surface area contributed by atoms with Gasteiger partial charge >= 0.3 is 12.0 Å². The third-order valence-electron chi connectivity index (χ3n) is 1.98. The third kappa shape index (κ3) is 8.74. The van der Waals surface area contributed by atoms with Gasteiger partial charge in [0.2, 0.25) is 0 Å². The van der Waals surface area contributed by atoms with E-state index in [2.05, 4.69) is 10.6 Å². The van der Waals surface area contributed by atoms with Gasteiger partial charge in [-0.15, -0.1) is 0 Å². The minimum absolute atomic E-state index is 0.0346. The zero-order valence-electron chi connectivity index (χ0n) is 10.3. The van der Waals surface area contributed by atoms with Gasteiger partial charge in [0.1, 0.15) is 6.04 Å². The average Bonchev–Trinajstić information content (AvgIpc) is 2.33. The molecule has 0 bridgehead atoms. The van der Waals surface area contributed by atoms with Gasteiger partial charge in [-0.1, -0.05) is 0 Å². The van der Waals surface area contributed by atoms with E-state index in [4.69, 9.17) is 19.7 Å². The Bertz CT molecular complexity index is 249. The van der Waals surface area contributed by atoms with E-state index >= 15 is 0 Å². The Kier molecular flexibility index (Phi) is 9.93. The Hall–Kier alpha value is -1.38. The van der Waals surface area contributed by atoms with Gasteiger partial charge in [-0.3, -0.25) is 0 Å². The van der Waals surface area contributed by atoms with Crippen LogP contribution in [0.25, 0.3) is 0 Å². The number of aliphatic hydroxyl groups excluding tert-OH is 1. The molecule has 2 amide bonds. The maximum absolute atomic E-state index is 11.3. The van der Waals surface area contributed by atoms with Gasteiger partial charge in [0.05, 0.1) is 19.8 Å². The first-order valence-corrected chi connectivity index (χ1v) is 5.56. The molecule has 0 rings (SSSR count). The summed E-state index contributed by atoms with van der Waals surface area (Å²) in [6.07, 6.45) is -0.0346. The molecule has 4 N–H and O–H groups in total. The van der Waals surface area contributed by atoms with Crippen molar-refractivity contribution in [2.45, 2.75) is 12.5 Å². The van der Waals surface area contributed by atoms with Crippen LogP contribution < -0.4 is 10.6 Å². The van der Waals surface area contributed by atoms with E-state index < -0.39 is 18.0 Å². The topological polar surface area (TPSA) is 117 Å². The molecule has 8 heteroatoms. The Labute approximate surface area is 105 Å². The van der Waals surface area contributed by atoms with Crippen molar-refractivity contribution < 1.29 is 29.3 Å². The summed E-state index contributed by atoms with van der Waals surface area (Å²) in [6, 6.07) is -1.70. The van der Waals surface area contributed by atoms with E-state index in [0.717, 1.165) is 0 Å². The largest absolute Gasteiger partial charge is 0.480 e. The maximum atomic E-state index is 11.3. The molecule has 0 spiro atoms. The van der Waals surface area contributed by atoms with Crippen molar-refractivity contribution in [3.63, 3.8) is 0 Å². The monoisotopic (exact) mass is 264 g/mol. The molecule has 0 heterocycles. The Morgan fingerprint density at radius 1 is 1.28 bits per heavy atom. The van der Waals surface area contributed by atoms with Crippen molar-refractivity contribution in [1.82, 2.24) is 10.6 Å². The van der Waals surface area contributed by atoms with Crippen molar-refractivity contribution in [2.24, 2.45) is 0 Å². The maximum Gasteiger partial charge on any atom is 0.326 e. The standard InChI is InChI=1S/C10H20N2O6/c1-17-6-7-18-5-3-11-10(16)12-8(2-4-13)9(14)15/h8,13H,2-7H2,1H3,(H,14,15)(H2,11,12,16)/t8-/m0/s1. The highest BCUT2D eigenvalue weighted by Gasteiger charge is 2.18. The first-order valence-electron chi connectivity index (χ1n) is 5.56. The number of hydrogen-bond donors (Lipinski definition) is 4. The van der Waals surface area contributed by atoms with Crippen LogP contribution in [0.4, 0.5) is 4.79 Å². The van der Waals surface area contributed by atoms with Crippen LogP contribution in [-0.2, 0) is 14.3 Å². The summed E-state index contributed by atoms with van der Waals surface area (Å²) >= 11 is 0. The van der Waals surface area contributed by atoms with Crippen LogP contribution in [0.1, 0.15) is 6.42 Å². The number of carboxylic acids is 1. The second kappa shape index (κ2) is 10.8. The number of amides is 2. The summed E-state index contributed by atoms with van der Waals surface area (Å²) < 4.78 is 9.86. The molecule has 0 unspecified atom stereocenters. The third-order valence-corrected chi connectivity index (χ3v) is 1.98. The first kappa shape index (κ1) is 16.6. The van der Waals surface area contributed by atoms with Gasteiger partial charge in [-0.05, 0) is 0 Å². The number of carbonyl (C=O) groups excluding carboxylic acids is 1. The van der Waals surface area contributed by atoms with Crippen molar-refractivity contribution in [3.8, 4) is 0 Å². The number of nitrogens with one attached hydrogen (secondary N) is 2. The Balaban J connectivity index is 3.65. The lowest BCUT2D eigenvalue weighted by Crippen LogP contribution is -2.47. The van der Waals surface area contributed by atoms with Crippen LogP contribution in [0.5, 0.6) is 0 Å². The number of carbonyl (C=O) groups is 2. The van der Waals surface area contributed by atoms with Crippen LogP contribution in [0.15, 0.2) is 0 Å². The molecule has 106 valence electrons. The average molecular weight is 264 g/mol. The Morgan fingerprint density at radius 3 is 2.56 bits per heavy atom. The number of aliphatic hydroxyl groups is 1. The van der Waals surface area contributed by atoms with E-state index in [1.165, 1.54) is 0 Å². The molecule has 0 aromatic carbocycles. The SMILES string of the molecule is COCCOCCNC(=O)N[C@@H](CCO)C(=O)O. The molecule has 0 aliphatic heterocycles. The number of urea groups is 1. The lowest BCUT2D eigenvalue weighted by molar-refractivity contribution is -0.139. The summed E-state index contributed by atoms with van der Waals surface area (Å²) in [7, 11) is 1.56. The molecule has 0 saturated carbocycles. The van der Waals surface area contributed by atoms with E-state index in [-0.39, 0.29) is 19.6 Å².